The Morgan fingerprint density at radius 2 is 1.60 bits per heavy atom. The topological polar surface area (TPSA) is 43.1 Å². The molecule has 2 N–H and O–H groups in total. The highest BCUT2D eigenvalue weighted by atomic mass is 19.4. The Morgan fingerprint density at radius 1 is 1.10 bits per heavy atom. The average molecular weight is 303 g/mol. The molecule has 1 aromatic rings. The molecule has 0 aliphatic heterocycles. The summed E-state index contributed by atoms with van der Waals surface area (Å²) in [4.78, 5) is 11.6. The molecule has 1 atom stereocenters. The van der Waals surface area contributed by atoms with Gasteiger partial charge in [0.05, 0.1) is 5.56 Å². The maximum Gasteiger partial charge on any atom is 0.419 e. The smallest absolute Gasteiger partial charge is 0.311 e. The Morgan fingerprint density at radius 3 is 2.00 bits per heavy atom. The third-order valence-electron chi connectivity index (χ3n) is 2.59. The Hall–Kier alpha value is -1.64. The van der Waals surface area contributed by atoms with E-state index in [2.05, 4.69) is 0 Å². The Balaban J connectivity index is 3.33. The third-order valence-corrected chi connectivity index (χ3v) is 2.59. The van der Waals surface area contributed by atoms with Crippen LogP contribution in [0.4, 0.5) is 30.7 Å². The highest BCUT2D eigenvalue weighted by Crippen LogP contribution is 2.34. The molecule has 0 saturated carbocycles. The van der Waals surface area contributed by atoms with Gasteiger partial charge in [0.15, 0.2) is 11.3 Å². The predicted molar refractivity (Wildman–Crippen MR) is 54.4 cm³/mol. The summed E-state index contributed by atoms with van der Waals surface area (Å²) in [5.41, 5.74) is -1.35. The number of Topliss-reactive ketones (excluding diaryl/α,β-unsaturated/α-hetero) is 1. The second-order valence-electron chi connectivity index (χ2n) is 4.22. The first-order valence-corrected chi connectivity index (χ1v) is 5.05. The largest absolute Gasteiger partial charge is 0.419 e. The number of ketones is 1. The van der Waals surface area contributed by atoms with E-state index in [-0.39, 0.29) is 12.1 Å². The van der Waals surface area contributed by atoms with Crippen molar-refractivity contribution in [1.29, 1.82) is 0 Å². The Bertz CT molecular complexity index is 531. The second-order valence-corrected chi connectivity index (χ2v) is 4.22. The van der Waals surface area contributed by atoms with Crippen molar-refractivity contribution < 1.29 is 35.5 Å². The fourth-order valence-corrected chi connectivity index (χ4v) is 1.31. The number of halogens is 7. The number of carbonyl (C=O) groups excluding carboxylic acids is 1. The maximum absolute atomic E-state index is 13.0. The lowest BCUT2D eigenvalue weighted by molar-refractivity contribution is -0.165. The molecule has 20 heavy (non-hydrogen) atoms. The molecule has 0 bridgehead atoms. The SMILES string of the molecule is CC(N)(C(=O)c1ccc(F)c(C(F)(F)F)c1)C(F)(F)F. The lowest BCUT2D eigenvalue weighted by Gasteiger charge is -2.26. The van der Waals surface area contributed by atoms with Crippen LogP contribution in [0.15, 0.2) is 18.2 Å². The number of rotatable bonds is 2. The van der Waals surface area contributed by atoms with E-state index in [0.29, 0.717) is 13.0 Å². The van der Waals surface area contributed by atoms with Gasteiger partial charge in [-0.3, -0.25) is 4.79 Å². The molecule has 0 amide bonds. The Labute approximate surface area is 108 Å². The molecule has 0 aliphatic rings. The zero-order chi connectivity index (χ0) is 15.9. The highest BCUT2D eigenvalue weighted by Gasteiger charge is 2.54. The Kier molecular flexibility index (Phi) is 3.88. The molecule has 0 aliphatic carbocycles. The van der Waals surface area contributed by atoms with E-state index in [0.717, 1.165) is 0 Å². The molecule has 0 aromatic heterocycles. The van der Waals surface area contributed by atoms with Crippen LogP contribution < -0.4 is 5.73 Å². The van der Waals surface area contributed by atoms with Crippen LogP contribution in [-0.4, -0.2) is 17.5 Å². The molecular weight excluding hydrogens is 295 g/mol. The normalized spacial score (nSPS) is 15.8. The van der Waals surface area contributed by atoms with E-state index in [1.165, 1.54) is 0 Å². The molecule has 0 spiro atoms. The molecule has 0 fully saturated rings. The van der Waals surface area contributed by atoms with E-state index in [1.807, 2.05) is 0 Å². The quantitative estimate of drug-likeness (QED) is 0.673. The molecule has 1 aromatic carbocycles. The van der Waals surface area contributed by atoms with Gasteiger partial charge in [0.2, 0.25) is 0 Å². The molecule has 9 heteroatoms. The van der Waals surface area contributed by atoms with Crippen molar-refractivity contribution >= 4 is 5.78 Å². The minimum absolute atomic E-state index is 0.00845. The van der Waals surface area contributed by atoms with Gasteiger partial charge in [0.25, 0.3) is 0 Å². The van der Waals surface area contributed by atoms with Crippen molar-refractivity contribution in [2.75, 3.05) is 0 Å². The molecular formula is C11H8F7NO. The summed E-state index contributed by atoms with van der Waals surface area (Å²) in [6.07, 6.45) is -10.3. The standard InChI is InChI=1S/C11H8F7NO/c1-9(19,11(16,17)18)8(20)5-2-3-7(12)6(4-5)10(13,14)15/h2-4H,19H2,1H3. The van der Waals surface area contributed by atoms with Gasteiger partial charge in [-0.25, -0.2) is 4.39 Å². The number of benzene rings is 1. The van der Waals surface area contributed by atoms with Gasteiger partial charge in [-0.05, 0) is 25.1 Å². The summed E-state index contributed by atoms with van der Waals surface area (Å²) in [5.74, 6) is -3.48. The van der Waals surface area contributed by atoms with Gasteiger partial charge in [-0.1, -0.05) is 0 Å². The summed E-state index contributed by atoms with van der Waals surface area (Å²) in [6, 6.07) is 0.792. The van der Waals surface area contributed by atoms with Crippen molar-refractivity contribution in [3.05, 3.63) is 35.1 Å². The molecule has 0 heterocycles. The van der Waals surface area contributed by atoms with Crippen LogP contribution >= 0.6 is 0 Å². The van der Waals surface area contributed by atoms with Gasteiger partial charge >= 0.3 is 12.4 Å². The predicted octanol–water partition coefficient (Wildman–Crippen LogP) is 3.31. The van der Waals surface area contributed by atoms with Crippen molar-refractivity contribution in [2.45, 2.75) is 24.8 Å². The maximum atomic E-state index is 13.0. The van der Waals surface area contributed by atoms with Crippen LogP contribution in [0.1, 0.15) is 22.8 Å². The van der Waals surface area contributed by atoms with Crippen LogP contribution in [-0.2, 0) is 6.18 Å². The van der Waals surface area contributed by atoms with Crippen LogP contribution in [0.5, 0.6) is 0 Å². The number of nitrogens with two attached hydrogens (primary N) is 1. The van der Waals surface area contributed by atoms with Gasteiger partial charge in [0.1, 0.15) is 5.82 Å². The zero-order valence-electron chi connectivity index (χ0n) is 9.86. The number of carbonyl (C=O) groups is 1. The van der Waals surface area contributed by atoms with Crippen LogP contribution in [0, 0.1) is 5.82 Å². The summed E-state index contributed by atoms with van der Waals surface area (Å²) in [5, 5.41) is 0. The van der Waals surface area contributed by atoms with Crippen molar-refractivity contribution in [1.82, 2.24) is 0 Å². The van der Waals surface area contributed by atoms with Gasteiger partial charge in [-0.15, -0.1) is 0 Å². The van der Waals surface area contributed by atoms with Crippen molar-refractivity contribution in [2.24, 2.45) is 5.73 Å². The monoisotopic (exact) mass is 303 g/mol. The molecule has 0 radical (unpaired) electrons. The summed E-state index contributed by atoms with van der Waals surface area (Å²) in [6.45, 7) is 0.325. The van der Waals surface area contributed by atoms with Crippen molar-refractivity contribution in [3.8, 4) is 0 Å². The fraction of sp³-hybridized carbons (Fsp3) is 0.364. The molecule has 112 valence electrons. The van der Waals surface area contributed by atoms with Gasteiger partial charge in [-0.2, -0.15) is 26.3 Å². The van der Waals surface area contributed by atoms with Crippen LogP contribution in [0.25, 0.3) is 0 Å². The average Bonchev–Trinajstić information content (AvgIpc) is 2.25. The minimum Gasteiger partial charge on any atom is -0.311 e. The van der Waals surface area contributed by atoms with E-state index < -0.39 is 40.6 Å². The van der Waals surface area contributed by atoms with E-state index in [9.17, 15) is 35.5 Å². The lowest BCUT2D eigenvalue weighted by atomic mass is 9.90. The third kappa shape index (κ3) is 2.92. The van der Waals surface area contributed by atoms with Crippen LogP contribution in [0.3, 0.4) is 0 Å². The minimum atomic E-state index is -5.16. The zero-order valence-corrected chi connectivity index (χ0v) is 9.86. The van der Waals surface area contributed by atoms with Crippen LogP contribution in [0.2, 0.25) is 0 Å². The molecule has 2 nitrogen and oxygen atoms in total. The summed E-state index contributed by atoms with van der Waals surface area (Å²) in [7, 11) is 0. The van der Waals surface area contributed by atoms with E-state index in [4.69, 9.17) is 5.73 Å². The first kappa shape index (κ1) is 16.4. The fourth-order valence-electron chi connectivity index (χ4n) is 1.31. The molecule has 1 rings (SSSR count). The van der Waals surface area contributed by atoms with E-state index >= 15 is 0 Å². The first-order chi connectivity index (χ1) is 8.78. The summed E-state index contributed by atoms with van der Waals surface area (Å²) >= 11 is 0. The lowest BCUT2D eigenvalue weighted by Crippen LogP contribution is -2.57. The van der Waals surface area contributed by atoms with Gasteiger partial charge in [0, 0.05) is 5.56 Å². The molecule has 1 unspecified atom stereocenters. The second kappa shape index (κ2) is 4.72. The number of hydrogen-bond donors (Lipinski definition) is 1. The van der Waals surface area contributed by atoms with Crippen molar-refractivity contribution in [3.63, 3.8) is 0 Å². The van der Waals surface area contributed by atoms with Gasteiger partial charge < -0.3 is 5.73 Å². The first-order valence-electron chi connectivity index (χ1n) is 5.05. The highest BCUT2D eigenvalue weighted by molar-refractivity contribution is 6.03. The molecule has 0 saturated heterocycles. The van der Waals surface area contributed by atoms with E-state index in [1.54, 1.807) is 0 Å². The summed E-state index contributed by atoms with van der Waals surface area (Å²) < 4.78 is 87.9. The number of hydrogen-bond acceptors (Lipinski definition) is 2. The number of alkyl halides is 6.